The van der Waals surface area contributed by atoms with Crippen LogP contribution in [0, 0.1) is 48.2 Å². The van der Waals surface area contributed by atoms with Crippen molar-refractivity contribution in [2.45, 2.75) is 64.2 Å². The highest BCUT2D eigenvalue weighted by molar-refractivity contribution is 5.45. The van der Waals surface area contributed by atoms with Crippen LogP contribution in [-0.4, -0.2) is 0 Å². The van der Waals surface area contributed by atoms with E-state index in [1.807, 2.05) is 25.1 Å². The first-order valence-electron chi connectivity index (χ1n) is 11.7. The summed E-state index contributed by atoms with van der Waals surface area (Å²) in [6.45, 7) is 5.70. The lowest BCUT2D eigenvalue weighted by Crippen LogP contribution is -2.30. The zero-order valence-electron chi connectivity index (χ0n) is 18.5. The molecular formula is C29H32F2. The van der Waals surface area contributed by atoms with Gasteiger partial charge in [0.25, 0.3) is 0 Å². The molecule has 4 atom stereocenters. The van der Waals surface area contributed by atoms with Crippen LogP contribution < -0.4 is 0 Å². The fourth-order valence-corrected chi connectivity index (χ4v) is 5.65. The highest BCUT2D eigenvalue weighted by Crippen LogP contribution is 2.48. The Bertz CT molecular complexity index is 994. The van der Waals surface area contributed by atoms with Gasteiger partial charge in [0.2, 0.25) is 0 Å². The molecule has 0 saturated heterocycles. The molecule has 0 N–H and O–H groups in total. The highest BCUT2D eigenvalue weighted by atomic mass is 19.1. The van der Waals surface area contributed by atoms with Crippen LogP contribution in [0.4, 0.5) is 8.78 Å². The average Bonchev–Trinajstić information content (AvgIpc) is 2.77. The zero-order valence-corrected chi connectivity index (χ0v) is 18.5. The molecule has 0 spiro atoms. The van der Waals surface area contributed by atoms with E-state index in [0.717, 1.165) is 41.7 Å². The maximum absolute atomic E-state index is 14.8. The minimum Gasteiger partial charge on any atom is -0.206 e. The molecule has 0 aliphatic heterocycles. The predicted molar refractivity (Wildman–Crippen MR) is 124 cm³/mol. The van der Waals surface area contributed by atoms with Crippen molar-refractivity contribution in [1.29, 1.82) is 0 Å². The minimum absolute atomic E-state index is 0.298. The number of allylic oxidation sites excluding steroid dienone is 1. The Morgan fingerprint density at radius 3 is 2.29 bits per heavy atom. The molecule has 2 aromatic rings. The lowest BCUT2D eigenvalue weighted by molar-refractivity contribution is 0.115. The number of hydrogen-bond acceptors (Lipinski definition) is 0. The molecule has 0 amide bonds. The summed E-state index contributed by atoms with van der Waals surface area (Å²) in [6, 6.07) is 10.4. The fraction of sp³-hybridized carbons (Fsp3) is 0.448. The van der Waals surface area contributed by atoms with Gasteiger partial charge >= 0.3 is 0 Å². The van der Waals surface area contributed by atoms with Crippen molar-refractivity contribution in [2.75, 3.05) is 0 Å². The second-order valence-corrected chi connectivity index (χ2v) is 9.55. The van der Waals surface area contributed by atoms with Crippen molar-refractivity contribution in [1.82, 2.24) is 0 Å². The molecule has 2 heteroatoms. The number of fused-ring (bicyclic) bond motifs is 1. The molecule has 4 rings (SSSR count). The van der Waals surface area contributed by atoms with Gasteiger partial charge in [-0.2, -0.15) is 0 Å². The van der Waals surface area contributed by atoms with E-state index >= 15 is 0 Å². The SMILES string of the molecule is C=CCCC1CCC2CC(c3ccc(C#Cc4ccc(C)cc4F)c(F)c3)CCC2C1. The summed E-state index contributed by atoms with van der Waals surface area (Å²) in [6.07, 6.45) is 12.1. The maximum Gasteiger partial charge on any atom is 0.139 e. The van der Waals surface area contributed by atoms with Gasteiger partial charge < -0.3 is 0 Å². The largest absolute Gasteiger partial charge is 0.206 e. The fourth-order valence-electron chi connectivity index (χ4n) is 5.65. The molecule has 2 saturated carbocycles. The quantitative estimate of drug-likeness (QED) is 0.349. The number of hydrogen-bond donors (Lipinski definition) is 0. The summed E-state index contributed by atoms with van der Waals surface area (Å²) in [5.41, 5.74) is 2.58. The number of halogens is 2. The van der Waals surface area contributed by atoms with E-state index in [-0.39, 0.29) is 11.6 Å². The van der Waals surface area contributed by atoms with Crippen LogP contribution in [0.5, 0.6) is 0 Å². The van der Waals surface area contributed by atoms with Crippen molar-refractivity contribution >= 4 is 0 Å². The molecule has 0 bridgehead atoms. The zero-order chi connectivity index (χ0) is 21.8. The van der Waals surface area contributed by atoms with E-state index in [2.05, 4.69) is 18.4 Å². The van der Waals surface area contributed by atoms with Gasteiger partial charge in [0.05, 0.1) is 11.1 Å². The van der Waals surface area contributed by atoms with Crippen LogP contribution in [0.2, 0.25) is 0 Å². The third kappa shape index (κ3) is 5.27. The van der Waals surface area contributed by atoms with Gasteiger partial charge in [-0.05, 0) is 111 Å². The molecular weight excluding hydrogens is 386 g/mol. The molecule has 2 aliphatic rings. The molecule has 2 aliphatic carbocycles. The molecule has 2 fully saturated rings. The summed E-state index contributed by atoms with van der Waals surface area (Å²) < 4.78 is 28.8. The highest BCUT2D eigenvalue weighted by Gasteiger charge is 2.35. The van der Waals surface area contributed by atoms with Crippen LogP contribution in [0.15, 0.2) is 49.1 Å². The molecule has 2 aromatic carbocycles. The van der Waals surface area contributed by atoms with E-state index in [9.17, 15) is 8.78 Å². The summed E-state index contributed by atoms with van der Waals surface area (Å²) in [7, 11) is 0. The maximum atomic E-state index is 14.8. The number of aryl methyl sites for hydroxylation is 1. The average molecular weight is 419 g/mol. The minimum atomic E-state index is -0.361. The van der Waals surface area contributed by atoms with Gasteiger partial charge in [0.1, 0.15) is 11.6 Å². The molecule has 0 radical (unpaired) electrons. The van der Waals surface area contributed by atoms with E-state index in [1.165, 1.54) is 44.6 Å². The first-order valence-corrected chi connectivity index (χ1v) is 11.7. The Balaban J connectivity index is 1.41. The topological polar surface area (TPSA) is 0 Å². The molecule has 31 heavy (non-hydrogen) atoms. The van der Waals surface area contributed by atoms with Gasteiger partial charge in [-0.1, -0.05) is 36.5 Å². The van der Waals surface area contributed by atoms with E-state index < -0.39 is 0 Å². The number of benzene rings is 2. The standard InChI is InChI=1S/C29H32F2/c1-3-4-5-21-7-9-25-18-26(15-14-24(25)17-21)27-13-12-23(29(31)19-27)11-10-22-8-6-20(2)16-28(22)30/h3,6,8,12-13,16,19,21,24-26H,1,4-5,7,9,14-15,17-18H2,2H3. The second kappa shape index (κ2) is 9.82. The van der Waals surface area contributed by atoms with Crippen LogP contribution in [0.25, 0.3) is 0 Å². The van der Waals surface area contributed by atoms with Crippen LogP contribution in [0.3, 0.4) is 0 Å². The summed E-state index contributed by atoms with van der Waals surface area (Å²) in [5.74, 6) is 7.87. The van der Waals surface area contributed by atoms with Gasteiger partial charge in [-0.25, -0.2) is 8.78 Å². The van der Waals surface area contributed by atoms with Gasteiger partial charge in [-0.3, -0.25) is 0 Å². The van der Waals surface area contributed by atoms with E-state index in [0.29, 0.717) is 17.0 Å². The van der Waals surface area contributed by atoms with Crippen molar-refractivity contribution < 1.29 is 8.78 Å². The van der Waals surface area contributed by atoms with Gasteiger partial charge in [0.15, 0.2) is 0 Å². The Hall–Kier alpha value is -2.40. The van der Waals surface area contributed by atoms with Crippen LogP contribution in [-0.2, 0) is 0 Å². The first kappa shape index (κ1) is 21.8. The predicted octanol–water partition coefficient (Wildman–Crippen LogP) is 7.94. The lowest BCUT2D eigenvalue weighted by atomic mass is 9.63. The van der Waals surface area contributed by atoms with E-state index in [1.54, 1.807) is 18.2 Å². The van der Waals surface area contributed by atoms with Crippen molar-refractivity contribution in [2.24, 2.45) is 17.8 Å². The third-order valence-electron chi connectivity index (χ3n) is 7.42. The second-order valence-electron chi connectivity index (χ2n) is 9.55. The molecule has 0 heterocycles. The Labute approximate surface area is 185 Å². The lowest BCUT2D eigenvalue weighted by Gasteiger charge is -2.42. The normalized spacial score (nSPS) is 25.3. The van der Waals surface area contributed by atoms with Gasteiger partial charge in [-0.15, -0.1) is 6.58 Å². The van der Waals surface area contributed by atoms with E-state index in [4.69, 9.17) is 0 Å². The van der Waals surface area contributed by atoms with Crippen molar-refractivity contribution in [3.8, 4) is 11.8 Å². The smallest absolute Gasteiger partial charge is 0.139 e. The summed E-state index contributed by atoms with van der Waals surface area (Å²) in [5, 5.41) is 0. The van der Waals surface area contributed by atoms with Crippen molar-refractivity contribution in [3.05, 3.63) is 82.9 Å². The third-order valence-corrected chi connectivity index (χ3v) is 7.42. The molecule has 0 nitrogen and oxygen atoms in total. The summed E-state index contributed by atoms with van der Waals surface area (Å²) in [4.78, 5) is 0. The Morgan fingerprint density at radius 2 is 1.58 bits per heavy atom. The Morgan fingerprint density at radius 1 is 0.903 bits per heavy atom. The van der Waals surface area contributed by atoms with Crippen LogP contribution >= 0.6 is 0 Å². The molecule has 162 valence electrons. The van der Waals surface area contributed by atoms with Crippen LogP contribution in [0.1, 0.15) is 79.5 Å². The number of rotatable bonds is 4. The molecule has 4 unspecified atom stereocenters. The summed E-state index contributed by atoms with van der Waals surface area (Å²) >= 11 is 0. The van der Waals surface area contributed by atoms with Crippen molar-refractivity contribution in [3.63, 3.8) is 0 Å². The molecule has 0 aromatic heterocycles. The van der Waals surface area contributed by atoms with Gasteiger partial charge in [0, 0.05) is 0 Å². The Kier molecular flexibility index (Phi) is 6.91. The monoisotopic (exact) mass is 418 g/mol. The first-order chi connectivity index (χ1) is 15.0.